The molecule has 4 nitrogen and oxygen atoms in total. The monoisotopic (exact) mass is 369 g/mol. The highest BCUT2D eigenvalue weighted by molar-refractivity contribution is 5.78. The standard InChI is InChI=1S/C23H33N3O/c1-25(17-10-18-26(2)20-22-13-7-4-8-14-22)16-9-15-24-23(27)19-21-11-5-3-6-12-21/h3-8,11-14H,9-10,15-20H2,1-2H3,(H,24,27)/p+2. The predicted octanol–water partition coefficient (Wildman–Crippen LogP) is 0.355. The van der Waals surface area contributed by atoms with E-state index >= 15 is 0 Å². The lowest BCUT2D eigenvalue weighted by molar-refractivity contribution is -0.908. The molecule has 146 valence electrons. The average molecular weight is 370 g/mol. The van der Waals surface area contributed by atoms with Crippen LogP contribution < -0.4 is 15.1 Å². The van der Waals surface area contributed by atoms with Gasteiger partial charge in [0.1, 0.15) is 6.54 Å². The van der Waals surface area contributed by atoms with E-state index in [0.717, 1.165) is 31.6 Å². The summed E-state index contributed by atoms with van der Waals surface area (Å²) in [6.07, 6.45) is 2.73. The Bertz CT molecular complexity index is 645. The molecule has 3 N–H and O–H groups in total. The SMILES string of the molecule is C[NH+](CCCNC(=O)Cc1ccccc1)CCC[NH+](C)Cc1ccccc1. The van der Waals surface area contributed by atoms with Crippen molar-refractivity contribution in [2.45, 2.75) is 25.8 Å². The molecule has 0 fully saturated rings. The maximum Gasteiger partial charge on any atom is 0.224 e. The number of hydrogen-bond acceptors (Lipinski definition) is 1. The highest BCUT2D eigenvalue weighted by Gasteiger charge is 2.07. The lowest BCUT2D eigenvalue weighted by Gasteiger charge is -2.17. The first kappa shape index (κ1) is 21.1. The summed E-state index contributed by atoms with van der Waals surface area (Å²) < 4.78 is 0. The third-order valence-electron chi connectivity index (χ3n) is 4.87. The van der Waals surface area contributed by atoms with Gasteiger partial charge in [-0.3, -0.25) is 4.79 Å². The van der Waals surface area contributed by atoms with Crippen molar-refractivity contribution in [2.75, 3.05) is 40.3 Å². The smallest absolute Gasteiger partial charge is 0.224 e. The number of nitrogens with one attached hydrogen (secondary N) is 3. The van der Waals surface area contributed by atoms with E-state index in [9.17, 15) is 4.79 Å². The molecule has 2 aromatic carbocycles. The highest BCUT2D eigenvalue weighted by atomic mass is 16.1. The van der Waals surface area contributed by atoms with Gasteiger partial charge in [0.25, 0.3) is 0 Å². The Balaban J connectivity index is 1.49. The number of carbonyl (C=O) groups is 1. The van der Waals surface area contributed by atoms with Crippen molar-refractivity contribution in [3.05, 3.63) is 71.8 Å². The molecule has 0 aliphatic carbocycles. The highest BCUT2D eigenvalue weighted by Crippen LogP contribution is 1.99. The van der Waals surface area contributed by atoms with Gasteiger partial charge in [-0.25, -0.2) is 0 Å². The Morgan fingerprint density at radius 1 is 0.778 bits per heavy atom. The average Bonchev–Trinajstić information content (AvgIpc) is 2.67. The Hall–Kier alpha value is -2.17. The second kappa shape index (κ2) is 12.3. The molecular weight excluding hydrogens is 334 g/mol. The minimum absolute atomic E-state index is 0.116. The predicted molar refractivity (Wildman–Crippen MR) is 111 cm³/mol. The zero-order valence-electron chi connectivity index (χ0n) is 16.8. The zero-order valence-corrected chi connectivity index (χ0v) is 16.8. The van der Waals surface area contributed by atoms with Crippen molar-refractivity contribution in [1.82, 2.24) is 5.32 Å². The van der Waals surface area contributed by atoms with Gasteiger partial charge in [0.2, 0.25) is 5.91 Å². The molecule has 2 atom stereocenters. The van der Waals surface area contributed by atoms with Crippen LogP contribution in [0.25, 0.3) is 0 Å². The molecule has 2 aromatic rings. The van der Waals surface area contributed by atoms with Crippen LogP contribution in [0.5, 0.6) is 0 Å². The summed E-state index contributed by atoms with van der Waals surface area (Å²) in [6, 6.07) is 20.6. The van der Waals surface area contributed by atoms with E-state index in [1.54, 1.807) is 9.80 Å². The van der Waals surface area contributed by atoms with Crippen LogP contribution >= 0.6 is 0 Å². The van der Waals surface area contributed by atoms with Crippen LogP contribution in [0.3, 0.4) is 0 Å². The third kappa shape index (κ3) is 9.36. The Morgan fingerprint density at radius 2 is 1.33 bits per heavy atom. The summed E-state index contributed by atoms with van der Waals surface area (Å²) in [6.45, 7) is 5.34. The van der Waals surface area contributed by atoms with Gasteiger partial charge < -0.3 is 15.1 Å². The van der Waals surface area contributed by atoms with Crippen molar-refractivity contribution >= 4 is 5.91 Å². The summed E-state index contributed by atoms with van der Waals surface area (Å²) >= 11 is 0. The van der Waals surface area contributed by atoms with Crippen LogP contribution in [-0.2, 0) is 17.8 Å². The van der Waals surface area contributed by atoms with E-state index in [-0.39, 0.29) is 5.91 Å². The van der Waals surface area contributed by atoms with Gasteiger partial charge in [-0.1, -0.05) is 60.7 Å². The molecule has 0 spiro atoms. The fourth-order valence-electron chi connectivity index (χ4n) is 3.31. The third-order valence-corrected chi connectivity index (χ3v) is 4.87. The van der Waals surface area contributed by atoms with E-state index in [1.165, 1.54) is 25.1 Å². The maximum atomic E-state index is 11.9. The molecule has 0 aliphatic rings. The molecule has 2 unspecified atom stereocenters. The topological polar surface area (TPSA) is 38.0 Å². The molecule has 2 rings (SSSR count). The van der Waals surface area contributed by atoms with Gasteiger partial charge in [-0.2, -0.15) is 0 Å². The Labute approximate surface area is 164 Å². The maximum absolute atomic E-state index is 11.9. The van der Waals surface area contributed by atoms with Crippen LogP contribution in [0, 0.1) is 0 Å². The molecule has 0 heterocycles. The largest absolute Gasteiger partial charge is 0.356 e. The molecule has 0 radical (unpaired) electrons. The van der Waals surface area contributed by atoms with E-state index < -0.39 is 0 Å². The second-order valence-corrected chi connectivity index (χ2v) is 7.55. The first-order valence-corrected chi connectivity index (χ1v) is 10.1. The van der Waals surface area contributed by atoms with E-state index in [1.807, 2.05) is 30.3 Å². The number of quaternary nitrogens is 2. The molecule has 0 aromatic heterocycles. The number of carbonyl (C=O) groups excluding carboxylic acids is 1. The Morgan fingerprint density at radius 3 is 2.00 bits per heavy atom. The van der Waals surface area contributed by atoms with Gasteiger partial charge in [0.15, 0.2) is 0 Å². The summed E-state index contributed by atoms with van der Waals surface area (Å²) in [5.41, 5.74) is 2.47. The molecule has 27 heavy (non-hydrogen) atoms. The molecule has 0 bridgehead atoms. The van der Waals surface area contributed by atoms with Gasteiger partial charge in [0, 0.05) is 24.9 Å². The van der Waals surface area contributed by atoms with Crippen molar-refractivity contribution < 1.29 is 14.6 Å². The van der Waals surface area contributed by atoms with Crippen LogP contribution in [-0.4, -0.2) is 46.2 Å². The summed E-state index contributed by atoms with van der Waals surface area (Å²) in [5.74, 6) is 0.116. The normalized spacial score (nSPS) is 13.1. The molecule has 0 aliphatic heterocycles. The number of benzene rings is 2. The van der Waals surface area contributed by atoms with Crippen molar-refractivity contribution in [3.63, 3.8) is 0 Å². The molecule has 4 heteroatoms. The van der Waals surface area contributed by atoms with Crippen molar-refractivity contribution in [1.29, 1.82) is 0 Å². The lowest BCUT2D eigenvalue weighted by Crippen LogP contribution is -3.11. The first-order valence-electron chi connectivity index (χ1n) is 10.1. The van der Waals surface area contributed by atoms with Crippen molar-refractivity contribution in [3.8, 4) is 0 Å². The zero-order chi connectivity index (χ0) is 19.3. The summed E-state index contributed by atoms with van der Waals surface area (Å²) in [5, 5.41) is 3.03. The van der Waals surface area contributed by atoms with Gasteiger partial charge >= 0.3 is 0 Å². The van der Waals surface area contributed by atoms with Crippen LogP contribution in [0.4, 0.5) is 0 Å². The van der Waals surface area contributed by atoms with Gasteiger partial charge in [-0.05, 0) is 5.56 Å². The minimum atomic E-state index is 0.116. The molecule has 0 saturated carbocycles. The molecule has 1 amide bonds. The fraction of sp³-hybridized carbons (Fsp3) is 0.435. The number of amides is 1. The summed E-state index contributed by atoms with van der Waals surface area (Å²) in [7, 11) is 4.52. The van der Waals surface area contributed by atoms with Gasteiger partial charge in [0.05, 0.1) is 40.2 Å². The minimum Gasteiger partial charge on any atom is -0.356 e. The Kier molecular flexibility index (Phi) is 9.60. The van der Waals surface area contributed by atoms with Crippen LogP contribution in [0.2, 0.25) is 0 Å². The number of hydrogen-bond donors (Lipinski definition) is 3. The first-order chi connectivity index (χ1) is 13.1. The van der Waals surface area contributed by atoms with Crippen molar-refractivity contribution in [2.24, 2.45) is 0 Å². The fourth-order valence-corrected chi connectivity index (χ4v) is 3.31. The lowest BCUT2D eigenvalue weighted by atomic mass is 10.1. The van der Waals surface area contributed by atoms with Gasteiger partial charge in [-0.15, -0.1) is 0 Å². The number of rotatable bonds is 12. The van der Waals surface area contributed by atoms with Crippen LogP contribution in [0.1, 0.15) is 24.0 Å². The summed E-state index contributed by atoms with van der Waals surface area (Å²) in [4.78, 5) is 15.0. The quantitative estimate of drug-likeness (QED) is 0.464. The van der Waals surface area contributed by atoms with Crippen LogP contribution in [0.15, 0.2) is 60.7 Å². The van der Waals surface area contributed by atoms with E-state index in [4.69, 9.17) is 0 Å². The van der Waals surface area contributed by atoms with E-state index in [2.05, 4.69) is 49.7 Å². The van der Waals surface area contributed by atoms with E-state index in [0.29, 0.717) is 6.42 Å². The molecule has 0 saturated heterocycles. The molecular formula is C23H35N3O+2. The second-order valence-electron chi connectivity index (χ2n) is 7.55.